The number of benzene rings is 2. The molecule has 0 aliphatic rings. The third kappa shape index (κ3) is 6.62. The van der Waals surface area contributed by atoms with E-state index < -0.39 is 0 Å². The summed E-state index contributed by atoms with van der Waals surface area (Å²) in [5, 5.41) is 12.8. The summed E-state index contributed by atoms with van der Waals surface area (Å²) in [7, 11) is 0. The summed E-state index contributed by atoms with van der Waals surface area (Å²) in [6.45, 7) is 12.8. The maximum atomic E-state index is 12.4. The Hall–Kier alpha value is -2.77. The van der Waals surface area contributed by atoms with E-state index >= 15 is 0 Å². The molecule has 174 valence electrons. The molecule has 3 aromatic rings. The number of aryl methyl sites for hydroxylation is 2. The lowest BCUT2D eigenvalue weighted by Crippen LogP contribution is -2.15. The Labute approximate surface area is 204 Å². The number of anilines is 1. The largest absolute Gasteiger partial charge is 0.486 e. The van der Waals surface area contributed by atoms with Gasteiger partial charge in [-0.2, -0.15) is 0 Å². The first-order valence-corrected chi connectivity index (χ1v) is 12.1. The fourth-order valence-electron chi connectivity index (χ4n) is 3.26. The van der Waals surface area contributed by atoms with Crippen molar-refractivity contribution in [3.05, 3.63) is 76.6 Å². The third-order valence-corrected chi connectivity index (χ3v) is 6.64. The van der Waals surface area contributed by atoms with Crippen molar-refractivity contribution in [2.75, 3.05) is 11.1 Å². The number of ether oxygens (including phenoxy) is 1. The molecule has 1 aromatic heterocycles. The van der Waals surface area contributed by atoms with Crippen molar-refractivity contribution in [3.63, 3.8) is 0 Å². The van der Waals surface area contributed by atoms with E-state index in [4.69, 9.17) is 16.3 Å². The number of rotatable bonds is 10. The molecule has 33 heavy (non-hydrogen) atoms. The predicted molar refractivity (Wildman–Crippen MR) is 135 cm³/mol. The van der Waals surface area contributed by atoms with Crippen LogP contribution in [0.3, 0.4) is 0 Å². The second-order valence-corrected chi connectivity index (χ2v) is 9.39. The topological polar surface area (TPSA) is 69.0 Å². The molecule has 2 aromatic carbocycles. The van der Waals surface area contributed by atoms with Crippen LogP contribution >= 0.6 is 23.4 Å². The molecule has 0 saturated heterocycles. The predicted octanol–water partition coefficient (Wildman–Crippen LogP) is 6.17. The Kier molecular flexibility index (Phi) is 8.58. The van der Waals surface area contributed by atoms with Gasteiger partial charge in [0.1, 0.15) is 12.4 Å². The van der Waals surface area contributed by atoms with Crippen LogP contribution in [0.25, 0.3) is 0 Å². The lowest BCUT2D eigenvalue weighted by atomic mass is 10.0. The molecule has 0 bridgehead atoms. The van der Waals surface area contributed by atoms with Gasteiger partial charge < -0.3 is 10.1 Å². The van der Waals surface area contributed by atoms with E-state index in [1.165, 1.54) is 17.3 Å². The van der Waals surface area contributed by atoms with Gasteiger partial charge in [0.05, 0.1) is 5.75 Å². The quantitative estimate of drug-likeness (QED) is 0.275. The number of nitrogens with one attached hydrogen (secondary N) is 1. The van der Waals surface area contributed by atoms with Crippen molar-refractivity contribution in [2.45, 2.75) is 51.9 Å². The summed E-state index contributed by atoms with van der Waals surface area (Å²) in [5.74, 6) is 1.95. The fraction of sp³-hybridized carbons (Fsp3) is 0.320. The lowest BCUT2D eigenvalue weighted by molar-refractivity contribution is -0.113. The summed E-state index contributed by atoms with van der Waals surface area (Å²) < 4.78 is 7.84. The Morgan fingerprint density at radius 3 is 2.48 bits per heavy atom. The molecule has 0 fully saturated rings. The highest BCUT2D eigenvalue weighted by atomic mass is 35.5. The van der Waals surface area contributed by atoms with Crippen LogP contribution in [0.4, 0.5) is 5.69 Å². The number of carbonyl (C=O) groups excluding carboxylic acids is 1. The molecule has 0 unspecified atom stereocenters. The van der Waals surface area contributed by atoms with E-state index in [0.717, 1.165) is 27.6 Å². The highest BCUT2D eigenvalue weighted by Gasteiger charge is 2.15. The van der Waals surface area contributed by atoms with Gasteiger partial charge in [-0.3, -0.25) is 9.36 Å². The van der Waals surface area contributed by atoms with Gasteiger partial charge in [0.25, 0.3) is 0 Å². The fourth-order valence-corrected chi connectivity index (χ4v) is 4.14. The van der Waals surface area contributed by atoms with Gasteiger partial charge in [-0.1, -0.05) is 55.4 Å². The van der Waals surface area contributed by atoms with Crippen molar-refractivity contribution in [3.8, 4) is 5.75 Å². The minimum absolute atomic E-state index is 0.102. The molecule has 0 atom stereocenters. The standard InChI is InChI=1S/C25H29ClN4O2S/c1-6-11-30-22(14-32-21-12-17(4)24(26)18(5)13-21)28-29-25(30)33-15-23(31)27-20-9-7-19(8-10-20)16(2)3/h6-10,12-13,16H,1,11,14-15H2,2-5H3,(H,27,31). The molecule has 0 saturated carbocycles. The summed E-state index contributed by atoms with van der Waals surface area (Å²) in [4.78, 5) is 12.4. The first-order chi connectivity index (χ1) is 15.8. The van der Waals surface area contributed by atoms with Gasteiger partial charge in [0.15, 0.2) is 11.0 Å². The molecular formula is C25H29ClN4O2S. The second kappa shape index (κ2) is 11.4. The van der Waals surface area contributed by atoms with E-state index in [1.54, 1.807) is 6.08 Å². The number of nitrogens with zero attached hydrogens (tertiary/aromatic N) is 3. The van der Waals surface area contributed by atoms with Crippen LogP contribution in [0, 0.1) is 13.8 Å². The van der Waals surface area contributed by atoms with Gasteiger partial charge in [-0.25, -0.2) is 0 Å². The summed E-state index contributed by atoms with van der Waals surface area (Å²) in [5.41, 5.74) is 3.93. The van der Waals surface area contributed by atoms with Crippen molar-refractivity contribution in [1.29, 1.82) is 0 Å². The zero-order valence-electron chi connectivity index (χ0n) is 19.4. The van der Waals surface area contributed by atoms with Gasteiger partial charge in [-0.15, -0.1) is 16.8 Å². The van der Waals surface area contributed by atoms with Crippen molar-refractivity contribution >= 4 is 35.0 Å². The number of carbonyl (C=O) groups is 1. The van der Waals surface area contributed by atoms with Crippen LogP contribution in [0.1, 0.15) is 42.3 Å². The highest BCUT2D eigenvalue weighted by molar-refractivity contribution is 7.99. The third-order valence-electron chi connectivity index (χ3n) is 5.08. The number of aromatic nitrogens is 3. The number of hydrogen-bond acceptors (Lipinski definition) is 5. The van der Waals surface area contributed by atoms with E-state index in [1.807, 2.05) is 54.8 Å². The number of thioether (sulfide) groups is 1. The zero-order valence-corrected chi connectivity index (χ0v) is 21.0. The summed E-state index contributed by atoms with van der Waals surface area (Å²) in [6.07, 6.45) is 1.77. The Morgan fingerprint density at radius 1 is 1.21 bits per heavy atom. The maximum Gasteiger partial charge on any atom is 0.234 e. The molecule has 6 nitrogen and oxygen atoms in total. The average molecular weight is 485 g/mol. The maximum absolute atomic E-state index is 12.4. The SMILES string of the molecule is C=CCn1c(COc2cc(C)c(Cl)c(C)c2)nnc1SCC(=O)Nc1ccc(C(C)C)cc1. The minimum atomic E-state index is -0.102. The minimum Gasteiger partial charge on any atom is -0.486 e. The molecule has 0 aliphatic heterocycles. The van der Waals surface area contributed by atoms with Crippen molar-refractivity contribution in [1.82, 2.24) is 14.8 Å². The van der Waals surface area contributed by atoms with Gasteiger partial charge >= 0.3 is 0 Å². The first kappa shape index (κ1) is 24.9. The number of allylic oxidation sites excluding steroid dienone is 1. The Morgan fingerprint density at radius 2 is 1.88 bits per heavy atom. The summed E-state index contributed by atoms with van der Waals surface area (Å²) >= 11 is 7.57. The molecule has 0 spiro atoms. The molecule has 1 amide bonds. The lowest BCUT2D eigenvalue weighted by Gasteiger charge is -2.11. The van der Waals surface area contributed by atoms with Crippen LogP contribution in [-0.2, 0) is 17.9 Å². The molecule has 1 N–H and O–H groups in total. The number of hydrogen-bond donors (Lipinski definition) is 1. The Balaban J connectivity index is 1.61. The first-order valence-electron chi connectivity index (χ1n) is 10.7. The number of amides is 1. The molecule has 0 radical (unpaired) electrons. The van der Waals surface area contributed by atoms with Crippen molar-refractivity contribution in [2.24, 2.45) is 0 Å². The molecule has 3 rings (SSSR count). The van der Waals surface area contributed by atoms with E-state index in [0.29, 0.717) is 23.4 Å². The molecule has 8 heteroatoms. The highest BCUT2D eigenvalue weighted by Crippen LogP contribution is 2.27. The molecule has 0 aliphatic carbocycles. The van der Waals surface area contributed by atoms with Crippen molar-refractivity contribution < 1.29 is 9.53 Å². The van der Waals surface area contributed by atoms with Crippen LogP contribution in [0.15, 0.2) is 54.2 Å². The Bertz CT molecular complexity index is 1100. The smallest absolute Gasteiger partial charge is 0.234 e. The van der Waals surface area contributed by atoms with Gasteiger partial charge in [0, 0.05) is 17.3 Å². The van der Waals surface area contributed by atoms with Crippen LogP contribution in [0.5, 0.6) is 5.75 Å². The normalized spacial score (nSPS) is 11.0. The average Bonchev–Trinajstić information content (AvgIpc) is 3.16. The van der Waals surface area contributed by atoms with Crippen LogP contribution in [0.2, 0.25) is 5.02 Å². The van der Waals surface area contributed by atoms with E-state index in [9.17, 15) is 4.79 Å². The summed E-state index contributed by atoms with van der Waals surface area (Å²) in [6, 6.07) is 11.7. The monoisotopic (exact) mass is 484 g/mol. The van der Waals surface area contributed by atoms with Gasteiger partial charge in [0.2, 0.25) is 5.91 Å². The molecule has 1 heterocycles. The van der Waals surface area contributed by atoms with Crippen LogP contribution < -0.4 is 10.1 Å². The van der Waals surface area contributed by atoms with E-state index in [2.05, 4.69) is 35.9 Å². The molecular weight excluding hydrogens is 456 g/mol. The van der Waals surface area contributed by atoms with E-state index in [-0.39, 0.29) is 18.3 Å². The number of halogens is 1. The van der Waals surface area contributed by atoms with Gasteiger partial charge in [-0.05, 0) is 60.7 Å². The van der Waals surface area contributed by atoms with Crippen LogP contribution in [-0.4, -0.2) is 26.4 Å². The zero-order chi connectivity index (χ0) is 24.0. The second-order valence-electron chi connectivity index (χ2n) is 8.07.